The van der Waals surface area contributed by atoms with Crippen LogP contribution in [-0.2, 0) is 0 Å². The minimum Gasteiger partial charge on any atom is -0.470 e. The van der Waals surface area contributed by atoms with Crippen LogP contribution in [-0.4, -0.2) is 17.9 Å². The van der Waals surface area contributed by atoms with Gasteiger partial charge >= 0.3 is 0 Å². The van der Waals surface area contributed by atoms with Gasteiger partial charge in [0.1, 0.15) is 4.88 Å². The summed E-state index contributed by atoms with van der Waals surface area (Å²) in [7, 11) is 0. The Balaban J connectivity index is 2.44. The van der Waals surface area contributed by atoms with E-state index in [0.717, 1.165) is 6.42 Å². The Morgan fingerprint density at radius 1 is 1.53 bits per heavy atom. The molecule has 0 aromatic carbocycles. The molecular formula is C12H18ClNO2S. The van der Waals surface area contributed by atoms with Crippen LogP contribution in [0.25, 0.3) is 0 Å². The molecule has 0 fully saturated rings. The van der Waals surface area contributed by atoms with Gasteiger partial charge in [-0.05, 0) is 12.3 Å². The smallest absolute Gasteiger partial charge is 0.275 e. The number of ether oxygens (including phenoxy) is 1. The number of rotatable bonds is 8. The Morgan fingerprint density at radius 2 is 2.29 bits per heavy atom. The van der Waals surface area contributed by atoms with Crippen molar-refractivity contribution in [1.82, 2.24) is 4.98 Å². The molecule has 0 radical (unpaired) electrons. The van der Waals surface area contributed by atoms with Gasteiger partial charge in [-0.15, -0.1) is 0 Å². The lowest BCUT2D eigenvalue weighted by Crippen LogP contribution is -2.11. The first-order chi connectivity index (χ1) is 8.21. The topological polar surface area (TPSA) is 39.2 Å². The highest BCUT2D eigenvalue weighted by molar-refractivity contribution is 7.15. The van der Waals surface area contributed by atoms with Crippen molar-refractivity contribution in [1.29, 1.82) is 0 Å². The molecule has 0 amide bonds. The fourth-order valence-electron chi connectivity index (χ4n) is 1.52. The Hall–Kier alpha value is -0.610. The number of halogens is 1. The van der Waals surface area contributed by atoms with E-state index in [1.165, 1.54) is 30.6 Å². The fourth-order valence-corrected chi connectivity index (χ4v) is 2.43. The zero-order chi connectivity index (χ0) is 12.7. The van der Waals surface area contributed by atoms with Gasteiger partial charge in [0.05, 0.1) is 6.61 Å². The van der Waals surface area contributed by atoms with Crippen LogP contribution in [0, 0.1) is 5.92 Å². The monoisotopic (exact) mass is 275 g/mol. The summed E-state index contributed by atoms with van der Waals surface area (Å²) >= 11 is 6.97. The van der Waals surface area contributed by atoms with E-state index in [4.69, 9.17) is 16.3 Å². The van der Waals surface area contributed by atoms with Crippen molar-refractivity contribution in [2.45, 2.75) is 39.5 Å². The van der Waals surface area contributed by atoms with E-state index in [0.29, 0.717) is 28.9 Å². The molecule has 1 heterocycles. The summed E-state index contributed by atoms with van der Waals surface area (Å²) < 4.78 is 5.58. The van der Waals surface area contributed by atoms with Gasteiger partial charge in [-0.2, -0.15) is 4.98 Å². The molecule has 1 unspecified atom stereocenters. The molecule has 0 saturated carbocycles. The molecule has 17 heavy (non-hydrogen) atoms. The maximum Gasteiger partial charge on any atom is 0.275 e. The third-order valence-corrected chi connectivity index (χ3v) is 3.98. The van der Waals surface area contributed by atoms with Crippen molar-refractivity contribution in [3.63, 3.8) is 0 Å². The summed E-state index contributed by atoms with van der Waals surface area (Å²) in [5.41, 5.74) is 0. The number of unbranched alkanes of at least 4 members (excludes halogenated alkanes) is 1. The summed E-state index contributed by atoms with van der Waals surface area (Å²) in [5.74, 6) is 0.553. The number of carbonyl (C=O) groups excluding carboxylic acids is 1. The highest BCUT2D eigenvalue weighted by Gasteiger charge is 2.12. The average Bonchev–Trinajstić information content (AvgIpc) is 2.70. The highest BCUT2D eigenvalue weighted by atomic mass is 35.5. The number of aldehydes is 1. The fraction of sp³-hybridized carbons (Fsp3) is 0.667. The molecule has 1 atom stereocenters. The van der Waals surface area contributed by atoms with E-state index in [2.05, 4.69) is 18.8 Å². The van der Waals surface area contributed by atoms with E-state index >= 15 is 0 Å². The summed E-state index contributed by atoms with van der Waals surface area (Å²) in [4.78, 5) is 15.0. The molecule has 0 bridgehead atoms. The highest BCUT2D eigenvalue weighted by Crippen LogP contribution is 2.27. The van der Waals surface area contributed by atoms with Gasteiger partial charge in [0.2, 0.25) is 0 Å². The number of nitrogens with zero attached hydrogens (tertiary/aromatic N) is 1. The molecule has 0 aliphatic carbocycles. The summed E-state index contributed by atoms with van der Waals surface area (Å²) in [6.07, 6.45) is 5.41. The van der Waals surface area contributed by atoms with Crippen molar-refractivity contribution in [2.75, 3.05) is 6.61 Å². The lowest BCUT2D eigenvalue weighted by molar-refractivity contribution is 0.112. The zero-order valence-electron chi connectivity index (χ0n) is 10.2. The number of hydrogen-bond acceptors (Lipinski definition) is 4. The van der Waals surface area contributed by atoms with Crippen LogP contribution in [0.1, 0.15) is 49.2 Å². The third kappa shape index (κ3) is 4.64. The van der Waals surface area contributed by atoms with Crippen LogP contribution in [0.5, 0.6) is 5.19 Å². The first-order valence-electron chi connectivity index (χ1n) is 5.95. The zero-order valence-corrected chi connectivity index (χ0v) is 11.8. The van der Waals surface area contributed by atoms with Gasteiger partial charge in [-0.1, -0.05) is 56.0 Å². The molecule has 0 aliphatic rings. The van der Waals surface area contributed by atoms with E-state index < -0.39 is 0 Å². The molecule has 3 nitrogen and oxygen atoms in total. The molecule has 5 heteroatoms. The van der Waals surface area contributed by atoms with Crippen LogP contribution in [0.3, 0.4) is 0 Å². The predicted octanol–water partition coefficient (Wildman–Crippen LogP) is 4.20. The number of thiazole rings is 1. The first-order valence-corrected chi connectivity index (χ1v) is 7.15. The largest absolute Gasteiger partial charge is 0.470 e. The molecule has 0 N–H and O–H groups in total. The van der Waals surface area contributed by atoms with Crippen molar-refractivity contribution in [3.05, 3.63) is 10.0 Å². The van der Waals surface area contributed by atoms with Crippen LogP contribution < -0.4 is 4.74 Å². The Bertz CT molecular complexity index is 354. The van der Waals surface area contributed by atoms with Crippen molar-refractivity contribution < 1.29 is 9.53 Å². The minimum absolute atomic E-state index is 0.238. The molecule has 96 valence electrons. The van der Waals surface area contributed by atoms with E-state index in [9.17, 15) is 4.79 Å². The number of aromatic nitrogens is 1. The Morgan fingerprint density at radius 3 is 2.82 bits per heavy atom. The van der Waals surface area contributed by atoms with Gasteiger partial charge in [-0.3, -0.25) is 4.79 Å². The van der Waals surface area contributed by atoms with E-state index in [-0.39, 0.29) is 5.15 Å². The standard InChI is InChI=1S/C12H18ClNO2S/c1-3-5-6-9(4-2)8-16-12-14-11(13)10(7-15)17-12/h7,9H,3-6,8H2,1-2H3. The van der Waals surface area contributed by atoms with Crippen LogP contribution in [0.2, 0.25) is 5.15 Å². The van der Waals surface area contributed by atoms with Crippen LogP contribution in [0.4, 0.5) is 0 Å². The first kappa shape index (κ1) is 14.5. The van der Waals surface area contributed by atoms with Gasteiger partial charge in [-0.25, -0.2) is 0 Å². The van der Waals surface area contributed by atoms with Gasteiger partial charge in [0.15, 0.2) is 11.4 Å². The van der Waals surface area contributed by atoms with Gasteiger partial charge in [0.25, 0.3) is 5.19 Å². The van der Waals surface area contributed by atoms with Gasteiger partial charge in [0, 0.05) is 0 Å². The van der Waals surface area contributed by atoms with Gasteiger partial charge < -0.3 is 4.74 Å². The van der Waals surface area contributed by atoms with E-state index in [1.54, 1.807) is 0 Å². The maximum atomic E-state index is 10.6. The van der Waals surface area contributed by atoms with Crippen molar-refractivity contribution >= 4 is 29.2 Å². The van der Waals surface area contributed by atoms with Crippen LogP contribution >= 0.6 is 22.9 Å². The van der Waals surface area contributed by atoms with E-state index in [1.807, 2.05) is 0 Å². The third-order valence-electron chi connectivity index (χ3n) is 2.68. The second-order valence-corrected chi connectivity index (χ2v) is 5.33. The van der Waals surface area contributed by atoms with Crippen LogP contribution in [0.15, 0.2) is 0 Å². The normalized spacial score (nSPS) is 12.4. The lowest BCUT2D eigenvalue weighted by atomic mass is 10.0. The quantitative estimate of drug-likeness (QED) is 0.667. The van der Waals surface area contributed by atoms with Crippen molar-refractivity contribution in [3.8, 4) is 5.19 Å². The Kier molecular flexibility index (Phi) is 6.52. The second-order valence-electron chi connectivity index (χ2n) is 3.98. The minimum atomic E-state index is 0.238. The molecule has 0 saturated heterocycles. The summed E-state index contributed by atoms with van der Waals surface area (Å²) in [5, 5.41) is 0.730. The van der Waals surface area contributed by atoms with Crippen molar-refractivity contribution in [2.24, 2.45) is 5.92 Å². The molecule has 1 aromatic rings. The maximum absolute atomic E-state index is 10.6. The molecule has 1 rings (SSSR count). The predicted molar refractivity (Wildman–Crippen MR) is 71.3 cm³/mol. The summed E-state index contributed by atoms with van der Waals surface area (Å²) in [6, 6.07) is 0. The summed E-state index contributed by atoms with van der Waals surface area (Å²) in [6.45, 7) is 5.00. The molecule has 0 aliphatic heterocycles. The SMILES string of the molecule is CCCCC(CC)COc1nc(Cl)c(C=O)s1. The number of carbonyl (C=O) groups is 1. The lowest BCUT2D eigenvalue weighted by Gasteiger charge is -2.13. The molecule has 1 aromatic heterocycles. The number of hydrogen-bond donors (Lipinski definition) is 0. The average molecular weight is 276 g/mol. The Labute approximate surface area is 111 Å². The molecular weight excluding hydrogens is 258 g/mol. The molecule has 0 spiro atoms. The second kappa shape index (κ2) is 7.67.